The fraction of sp³-hybridized carbons (Fsp3) is 0.345. The second-order valence-electron chi connectivity index (χ2n) is 9.78. The average Bonchev–Trinajstić information content (AvgIpc) is 3.37. The number of anilines is 1. The Hall–Kier alpha value is -4.65. The highest BCUT2D eigenvalue weighted by molar-refractivity contribution is 6.01. The minimum atomic E-state index is -1.06. The smallest absolute Gasteiger partial charge is 0.329 e. The summed E-state index contributed by atoms with van der Waals surface area (Å²) >= 11 is 0. The van der Waals surface area contributed by atoms with Crippen LogP contribution >= 0.6 is 0 Å². The van der Waals surface area contributed by atoms with E-state index >= 15 is 0 Å². The minimum absolute atomic E-state index is 0.0942. The molecule has 0 saturated carbocycles. The number of primary amides is 1. The van der Waals surface area contributed by atoms with Crippen LogP contribution in [-0.2, 0) is 23.0 Å². The van der Waals surface area contributed by atoms with Gasteiger partial charge in [0.2, 0.25) is 0 Å². The van der Waals surface area contributed by atoms with Gasteiger partial charge in [0.15, 0.2) is 0 Å². The Morgan fingerprint density at radius 2 is 1.87 bits per heavy atom. The molecule has 2 N–H and O–H groups in total. The number of urea groups is 1. The van der Waals surface area contributed by atoms with Gasteiger partial charge in [-0.3, -0.25) is 9.69 Å². The van der Waals surface area contributed by atoms with Crippen molar-refractivity contribution in [3.63, 3.8) is 0 Å². The van der Waals surface area contributed by atoms with E-state index in [1.165, 1.54) is 12.0 Å². The Labute approximate surface area is 227 Å². The zero-order chi connectivity index (χ0) is 28.1. The highest BCUT2D eigenvalue weighted by atomic mass is 16.5. The first-order valence-corrected chi connectivity index (χ1v) is 12.7. The molecule has 10 nitrogen and oxygen atoms in total. The van der Waals surface area contributed by atoms with E-state index in [-0.39, 0.29) is 12.3 Å². The largest absolute Gasteiger partial charge is 0.467 e. The summed E-state index contributed by atoms with van der Waals surface area (Å²) in [6.45, 7) is 2.95. The summed E-state index contributed by atoms with van der Waals surface area (Å²) in [6.07, 6.45) is 5.06. The first kappa shape index (κ1) is 27.4. The fourth-order valence-electron chi connectivity index (χ4n) is 5.06. The van der Waals surface area contributed by atoms with Crippen molar-refractivity contribution < 1.29 is 19.1 Å². The summed E-state index contributed by atoms with van der Waals surface area (Å²) in [7, 11) is 3.06. The number of aryl methyl sites for hydroxylation is 2. The number of carbonyl (C=O) groups excluding carboxylic acids is 3. The number of carbonyl (C=O) groups is 3. The van der Waals surface area contributed by atoms with Gasteiger partial charge in [-0.15, -0.1) is 0 Å². The van der Waals surface area contributed by atoms with Gasteiger partial charge in [-0.2, -0.15) is 5.26 Å². The lowest BCUT2D eigenvalue weighted by Crippen LogP contribution is -2.50. The van der Waals surface area contributed by atoms with Crippen LogP contribution in [0.2, 0.25) is 0 Å². The molecule has 39 heavy (non-hydrogen) atoms. The zero-order valence-electron chi connectivity index (χ0n) is 22.3. The number of esters is 1. The van der Waals surface area contributed by atoms with Crippen LogP contribution in [0, 0.1) is 18.3 Å². The van der Waals surface area contributed by atoms with Crippen molar-refractivity contribution in [1.29, 1.82) is 5.26 Å². The lowest BCUT2D eigenvalue weighted by atomic mass is 9.89. The molecule has 2 aromatic carbocycles. The van der Waals surface area contributed by atoms with Gasteiger partial charge in [0.1, 0.15) is 6.04 Å². The Bertz CT molecular complexity index is 1400. The molecule has 1 aliphatic heterocycles. The molecule has 202 valence electrons. The molecule has 1 atom stereocenters. The van der Waals surface area contributed by atoms with Crippen molar-refractivity contribution in [2.24, 2.45) is 12.8 Å². The maximum Gasteiger partial charge on any atom is 0.329 e. The van der Waals surface area contributed by atoms with Crippen molar-refractivity contribution in [1.82, 2.24) is 14.5 Å². The zero-order valence-corrected chi connectivity index (χ0v) is 22.3. The molecule has 0 unspecified atom stereocenters. The molecule has 1 aliphatic rings. The molecule has 3 aromatic rings. The lowest BCUT2D eigenvalue weighted by molar-refractivity contribution is -0.142. The first-order chi connectivity index (χ1) is 18.7. The van der Waals surface area contributed by atoms with Crippen LogP contribution in [0.25, 0.3) is 0 Å². The molecule has 1 saturated heterocycles. The molecule has 1 fully saturated rings. The van der Waals surface area contributed by atoms with E-state index in [2.05, 4.69) is 11.1 Å². The van der Waals surface area contributed by atoms with Gasteiger partial charge in [0.05, 0.1) is 36.5 Å². The number of likely N-dealkylation sites (tertiary alicyclic amines) is 1. The third-order valence-corrected chi connectivity index (χ3v) is 7.19. The number of rotatable bonds is 7. The number of methoxy groups -OCH3 is 1. The van der Waals surface area contributed by atoms with Crippen LogP contribution in [0.15, 0.2) is 55.0 Å². The quantitative estimate of drug-likeness (QED) is 0.468. The average molecular weight is 529 g/mol. The summed E-state index contributed by atoms with van der Waals surface area (Å²) in [5.41, 5.74) is 9.62. The molecule has 3 amide bonds. The lowest BCUT2D eigenvalue weighted by Gasteiger charge is -2.33. The van der Waals surface area contributed by atoms with Crippen LogP contribution in [0.5, 0.6) is 0 Å². The number of ether oxygens (including phenoxy) is 1. The van der Waals surface area contributed by atoms with Gasteiger partial charge in [-0.1, -0.05) is 18.2 Å². The second kappa shape index (κ2) is 11.8. The first-order valence-electron chi connectivity index (χ1n) is 12.7. The minimum Gasteiger partial charge on any atom is -0.467 e. The van der Waals surface area contributed by atoms with Crippen molar-refractivity contribution in [3.8, 4) is 6.07 Å². The molecule has 10 heteroatoms. The molecular weight excluding hydrogens is 496 g/mol. The van der Waals surface area contributed by atoms with Gasteiger partial charge >= 0.3 is 12.0 Å². The van der Waals surface area contributed by atoms with E-state index < -0.39 is 18.0 Å². The van der Waals surface area contributed by atoms with Crippen LogP contribution in [0.1, 0.15) is 51.5 Å². The Morgan fingerprint density at radius 1 is 1.18 bits per heavy atom. The molecule has 0 radical (unpaired) electrons. The summed E-state index contributed by atoms with van der Waals surface area (Å²) in [4.78, 5) is 46.3. The van der Waals surface area contributed by atoms with Gasteiger partial charge in [0, 0.05) is 38.3 Å². The number of benzene rings is 2. The maximum absolute atomic E-state index is 13.5. The fourth-order valence-corrected chi connectivity index (χ4v) is 5.06. The third-order valence-electron chi connectivity index (χ3n) is 7.19. The highest BCUT2D eigenvalue weighted by Crippen LogP contribution is 2.30. The van der Waals surface area contributed by atoms with E-state index in [0.717, 1.165) is 18.4 Å². The van der Waals surface area contributed by atoms with Gasteiger partial charge < -0.3 is 19.9 Å². The maximum atomic E-state index is 13.5. The summed E-state index contributed by atoms with van der Waals surface area (Å²) in [6, 6.07) is 12.9. The van der Waals surface area contributed by atoms with E-state index in [0.29, 0.717) is 47.1 Å². The molecule has 0 aliphatic carbocycles. The van der Waals surface area contributed by atoms with Crippen molar-refractivity contribution in [3.05, 3.63) is 82.9 Å². The molecule has 2 heterocycles. The standard InChI is InChI=1S/C29H32N6O4/c1-19-4-7-23(27(36)34-12-10-22(11-13-34)21-8-5-20(16-30)6-9-21)14-25(19)35(29(31)38)26(28(37)39-3)15-24-17-33(2)18-32-24/h4-9,14,17-18,22,26H,10-13,15H2,1-3H3,(H2,31,38)/t26-/m0/s1. The third kappa shape index (κ3) is 6.09. The van der Waals surface area contributed by atoms with Gasteiger partial charge in [0.25, 0.3) is 5.91 Å². The number of aromatic nitrogens is 2. The normalized spacial score (nSPS) is 14.4. The van der Waals surface area contributed by atoms with Crippen molar-refractivity contribution >= 4 is 23.6 Å². The number of hydrogen-bond donors (Lipinski definition) is 1. The Balaban J connectivity index is 1.55. The molecular formula is C29H32N6O4. The predicted octanol–water partition coefficient (Wildman–Crippen LogP) is 3.29. The number of nitrogens with zero attached hydrogens (tertiary/aromatic N) is 5. The van der Waals surface area contributed by atoms with E-state index in [9.17, 15) is 14.4 Å². The van der Waals surface area contributed by atoms with Crippen LogP contribution in [0.4, 0.5) is 10.5 Å². The number of piperidine rings is 1. The molecule has 0 bridgehead atoms. The van der Waals surface area contributed by atoms with Crippen molar-refractivity contribution in [2.45, 2.75) is 38.1 Å². The Morgan fingerprint density at radius 3 is 2.44 bits per heavy atom. The van der Waals surface area contributed by atoms with Crippen LogP contribution < -0.4 is 10.6 Å². The van der Waals surface area contributed by atoms with E-state index in [1.54, 1.807) is 47.1 Å². The number of imidazole rings is 1. The van der Waals surface area contributed by atoms with Crippen LogP contribution in [-0.4, -0.2) is 58.6 Å². The Kier molecular flexibility index (Phi) is 8.30. The SMILES string of the molecule is COC(=O)[C@H](Cc1cn(C)cn1)N(C(N)=O)c1cc(C(=O)N2CCC(c3ccc(C#N)cc3)CC2)ccc1C. The summed E-state index contributed by atoms with van der Waals surface area (Å²) < 4.78 is 6.75. The number of amides is 3. The number of nitrogens with two attached hydrogens (primary N) is 1. The summed E-state index contributed by atoms with van der Waals surface area (Å²) in [5, 5.41) is 9.03. The van der Waals surface area contributed by atoms with Gasteiger partial charge in [-0.05, 0) is 61.1 Å². The van der Waals surface area contributed by atoms with Crippen molar-refractivity contribution in [2.75, 3.05) is 25.1 Å². The van der Waals surface area contributed by atoms with E-state index in [1.807, 2.05) is 31.3 Å². The number of nitriles is 1. The van der Waals surface area contributed by atoms with Gasteiger partial charge in [-0.25, -0.2) is 14.6 Å². The van der Waals surface area contributed by atoms with Crippen LogP contribution in [0.3, 0.4) is 0 Å². The molecule has 4 rings (SSSR count). The molecule has 0 spiro atoms. The number of hydrogen-bond acceptors (Lipinski definition) is 6. The topological polar surface area (TPSA) is 135 Å². The second-order valence-corrected chi connectivity index (χ2v) is 9.78. The monoisotopic (exact) mass is 528 g/mol. The molecule has 1 aromatic heterocycles. The summed E-state index contributed by atoms with van der Waals surface area (Å²) in [5.74, 6) is -0.480. The predicted molar refractivity (Wildman–Crippen MR) is 145 cm³/mol. The van der Waals surface area contributed by atoms with E-state index in [4.69, 9.17) is 15.7 Å². The highest BCUT2D eigenvalue weighted by Gasteiger charge is 2.33.